The first-order valence-corrected chi connectivity index (χ1v) is 6.40. The minimum atomic E-state index is -0.453. The highest BCUT2D eigenvalue weighted by Gasteiger charge is 2.32. The van der Waals surface area contributed by atoms with Gasteiger partial charge in [-0.3, -0.25) is 10.1 Å². The fourth-order valence-electron chi connectivity index (χ4n) is 2.41. The van der Waals surface area contributed by atoms with Gasteiger partial charge in [-0.2, -0.15) is 0 Å². The average Bonchev–Trinajstić information content (AvgIpc) is 2.46. The first kappa shape index (κ1) is 14.5. The van der Waals surface area contributed by atoms with Crippen molar-refractivity contribution in [1.82, 2.24) is 4.98 Å². The summed E-state index contributed by atoms with van der Waals surface area (Å²) >= 11 is 0. The van der Waals surface area contributed by atoms with Gasteiger partial charge in [0.05, 0.1) is 22.7 Å². The topological polar surface area (TPSA) is 107 Å². The van der Waals surface area contributed by atoms with Crippen molar-refractivity contribution in [1.29, 1.82) is 0 Å². The molecule has 1 aliphatic rings. The second kappa shape index (κ2) is 5.59. The maximum Gasteiger partial charge on any atom is 0.276 e. The predicted molar refractivity (Wildman–Crippen MR) is 75.6 cm³/mol. The molecule has 2 heterocycles. The Morgan fingerprint density at radius 2 is 2.35 bits per heavy atom. The Kier molecular flexibility index (Phi) is 4.05. The number of hydrogen-bond acceptors (Lipinski definition) is 7. The molecule has 8 heteroatoms. The van der Waals surface area contributed by atoms with Crippen molar-refractivity contribution in [2.45, 2.75) is 25.4 Å². The first-order valence-electron chi connectivity index (χ1n) is 6.40. The van der Waals surface area contributed by atoms with E-state index in [4.69, 9.17) is 10.6 Å². The Hall–Kier alpha value is -1.93. The molecule has 110 valence electrons. The maximum atomic E-state index is 11.0. The minimum absolute atomic E-state index is 0.0346. The lowest BCUT2D eigenvalue weighted by Crippen LogP contribution is -2.47. The number of piperidine rings is 1. The zero-order valence-corrected chi connectivity index (χ0v) is 11.6. The molecule has 1 aromatic rings. The Morgan fingerprint density at radius 1 is 1.60 bits per heavy atom. The minimum Gasteiger partial charge on any atom is -0.377 e. The van der Waals surface area contributed by atoms with Crippen molar-refractivity contribution in [3.8, 4) is 0 Å². The van der Waals surface area contributed by atoms with Crippen molar-refractivity contribution in [3.05, 3.63) is 22.2 Å². The molecule has 2 rings (SSSR count). The van der Waals surface area contributed by atoms with Gasteiger partial charge in [0.2, 0.25) is 0 Å². The molecule has 0 aromatic carbocycles. The summed E-state index contributed by atoms with van der Waals surface area (Å²) in [5.41, 5.74) is 2.07. The number of ether oxygens (including phenoxy) is 1. The normalized spacial score (nSPS) is 22.6. The van der Waals surface area contributed by atoms with Crippen molar-refractivity contribution >= 4 is 17.3 Å². The number of nitrogens with zero attached hydrogens (tertiary/aromatic N) is 3. The van der Waals surface area contributed by atoms with Gasteiger partial charge in [-0.25, -0.2) is 10.8 Å². The highest BCUT2D eigenvalue weighted by molar-refractivity contribution is 5.55. The van der Waals surface area contributed by atoms with E-state index < -0.39 is 4.92 Å². The van der Waals surface area contributed by atoms with Gasteiger partial charge in [-0.15, -0.1) is 0 Å². The quantitative estimate of drug-likeness (QED) is 0.486. The van der Waals surface area contributed by atoms with E-state index in [1.165, 1.54) is 12.1 Å². The third-order valence-electron chi connectivity index (χ3n) is 3.63. The number of hydrogen-bond donors (Lipinski definition) is 2. The van der Waals surface area contributed by atoms with E-state index in [0.717, 1.165) is 19.4 Å². The van der Waals surface area contributed by atoms with E-state index >= 15 is 0 Å². The Morgan fingerprint density at radius 3 is 2.95 bits per heavy atom. The smallest absolute Gasteiger partial charge is 0.276 e. The van der Waals surface area contributed by atoms with Gasteiger partial charge in [0.1, 0.15) is 11.6 Å². The largest absolute Gasteiger partial charge is 0.377 e. The molecular formula is C12H19N5O3. The monoisotopic (exact) mass is 281 g/mol. The molecule has 0 radical (unpaired) electrons. The number of nitrogens with one attached hydrogen (secondary N) is 1. The molecule has 3 N–H and O–H groups in total. The maximum absolute atomic E-state index is 11.0. The van der Waals surface area contributed by atoms with Gasteiger partial charge >= 0.3 is 0 Å². The van der Waals surface area contributed by atoms with Crippen molar-refractivity contribution in [2.75, 3.05) is 30.5 Å². The van der Waals surface area contributed by atoms with Crippen LogP contribution in [0.15, 0.2) is 12.1 Å². The van der Waals surface area contributed by atoms with Crippen LogP contribution in [0.5, 0.6) is 0 Å². The summed E-state index contributed by atoms with van der Waals surface area (Å²) in [5, 5.41) is 11.0. The van der Waals surface area contributed by atoms with Gasteiger partial charge in [0.25, 0.3) is 5.69 Å². The lowest BCUT2D eigenvalue weighted by Gasteiger charge is -2.40. The summed E-state index contributed by atoms with van der Waals surface area (Å²) in [5.74, 6) is 6.13. The molecule has 1 fully saturated rings. The van der Waals surface area contributed by atoms with E-state index in [2.05, 4.69) is 10.4 Å². The summed E-state index contributed by atoms with van der Waals surface area (Å²) in [6, 6.07) is 2.77. The Bertz CT molecular complexity index is 510. The van der Waals surface area contributed by atoms with Gasteiger partial charge in [-0.1, -0.05) is 0 Å². The van der Waals surface area contributed by atoms with Crippen LogP contribution in [0.2, 0.25) is 0 Å². The SMILES string of the molecule is COC1(C)CCCN(c2cc([N+](=O)[O-])cc(NN)n2)C1. The van der Waals surface area contributed by atoms with Crippen LogP contribution in [0.3, 0.4) is 0 Å². The average molecular weight is 281 g/mol. The second-order valence-corrected chi connectivity index (χ2v) is 5.15. The van der Waals surface area contributed by atoms with E-state index in [-0.39, 0.29) is 17.1 Å². The fourth-order valence-corrected chi connectivity index (χ4v) is 2.41. The molecule has 0 spiro atoms. The molecule has 0 bridgehead atoms. The molecular weight excluding hydrogens is 262 g/mol. The number of nitro groups is 1. The molecule has 0 aliphatic carbocycles. The van der Waals surface area contributed by atoms with E-state index in [1.807, 2.05) is 11.8 Å². The summed E-state index contributed by atoms with van der Waals surface area (Å²) in [6.45, 7) is 3.46. The summed E-state index contributed by atoms with van der Waals surface area (Å²) in [6.07, 6.45) is 1.90. The molecule has 8 nitrogen and oxygen atoms in total. The summed E-state index contributed by atoms with van der Waals surface area (Å²) < 4.78 is 5.52. The van der Waals surface area contributed by atoms with Crippen LogP contribution in [0.25, 0.3) is 0 Å². The van der Waals surface area contributed by atoms with Gasteiger partial charge < -0.3 is 15.1 Å². The molecule has 0 saturated carbocycles. The van der Waals surface area contributed by atoms with Crippen LogP contribution in [-0.4, -0.2) is 35.7 Å². The van der Waals surface area contributed by atoms with Crippen molar-refractivity contribution < 1.29 is 9.66 Å². The molecule has 20 heavy (non-hydrogen) atoms. The van der Waals surface area contributed by atoms with Crippen LogP contribution in [0.1, 0.15) is 19.8 Å². The first-order chi connectivity index (χ1) is 9.47. The molecule has 0 amide bonds. The van der Waals surface area contributed by atoms with E-state index in [1.54, 1.807) is 7.11 Å². The number of pyridine rings is 1. The lowest BCUT2D eigenvalue weighted by molar-refractivity contribution is -0.384. The van der Waals surface area contributed by atoms with E-state index in [0.29, 0.717) is 12.4 Å². The number of hydrazine groups is 1. The third-order valence-corrected chi connectivity index (χ3v) is 3.63. The van der Waals surface area contributed by atoms with Gasteiger partial charge in [-0.05, 0) is 19.8 Å². The molecule has 1 aromatic heterocycles. The number of aromatic nitrogens is 1. The lowest BCUT2D eigenvalue weighted by atomic mass is 9.95. The van der Waals surface area contributed by atoms with Crippen molar-refractivity contribution in [2.24, 2.45) is 5.84 Å². The third kappa shape index (κ3) is 2.97. The second-order valence-electron chi connectivity index (χ2n) is 5.15. The predicted octanol–water partition coefficient (Wildman–Crippen LogP) is 1.28. The molecule has 1 aliphatic heterocycles. The molecule has 1 unspecified atom stereocenters. The molecule has 1 atom stereocenters. The highest BCUT2D eigenvalue weighted by Crippen LogP contribution is 2.29. The number of rotatable bonds is 4. The summed E-state index contributed by atoms with van der Waals surface area (Å²) in [7, 11) is 1.68. The zero-order valence-electron chi connectivity index (χ0n) is 11.6. The Labute approximate surface area is 117 Å². The zero-order chi connectivity index (χ0) is 14.8. The van der Waals surface area contributed by atoms with Crippen LogP contribution in [0.4, 0.5) is 17.3 Å². The highest BCUT2D eigenvalue weighted by atomic mass is 16.6. The van der Waals surface area contributed by atoms with Crippen LogP contribution < -0.4 is 16.2 Å². The van der Waals surface area contributed by atoms with Crippen LogP contribution in [-0.2, 0) is 4.74 Å². The van der Waals surface area contributed by atoms with Crippen LogP contribution in [0, 0.1) is 10.1 Å². The van der Waals surface area contributed by atoms with Gasteiger partial charge in [0.15, 0.2) is 0 Å². The van der Waals surface area contributed by atoms with E-state index in [9.17, 15) is 10.1 Å². The number of methoxy groups -OCH3 is 1. The number of nitrogen functional groups attached to an aromatic ring is 1. The fraction of sp³-hybridized carbons (Fsp3) is 0.583. The van der Waals surface area contributed by atoms with Crippen molar-refractivity contribution in [3.63, 3.8) is 0 Å². The molecule has 1 saturated heterocycles. The van der Waals surface area contributed by atoms with Gasteiger partial charge in [0, 0.05) is 20.2 Å². The number of nitrogens with two attached hydrogens (primary N) is 1. The van der Waals surface area contributed by atoms with Crippen LogP contribution >= 0.6 is 0 Å². The number of anilines is 2. The summed E-state index contributed by atoms with van der Waals surface area (Å²) in [4.78, 5) is 16.8. The Balaban J connectivity index is 2.31. The standard InChI is InChI=1S/C12H19N5O3/c1-12(20-2)4-3-5-16(8-12)11-7-9(17(18)19)6-10(14-11)15-13/h6-7H,3-5,8,13H2,1-2H3,(H,14,15).